The number of benzene rings is 2. The number of hydrogen-bond acceptors (Lipinski definition) is 5. The summed E-state index contributed by atoms with van der Waals surface area (Å²) in [5.41, 5.74) is 2.47. The van der Waals surface area contributed by atoms with E-state index in [1.54, 1.807) is 6.07 Å². The van der Waals surface area contributed by atoms with Crippen LogP contribution in [0, 0.1) is 10.1 Å². The van der Waals surface area contributed by atoms with Crippen LogP contribution in [0.2, 0.25) is 0 Å². The standard InChI is InChI=1S/C20H17N3O4/c1-12(24)22-17-11-15(23(26)27)9-10-16(17)18(20(22)25)19(21-14-7-8-14)13-5-3-2-4-6-13/h2-6,9-11,14,21H,7-8H2,1H3/b19-18-. The van der Waals surface area contributed by atoms with Gasteiger partial charge in [-0.3, -0.25) is 19.7 Å². The largest absolute Gasteiger partial charge is 0.381 e. The summed E-state index contributed by atoms with van der Waals surface area (Å²) in [5, 5.41) is 14.5. The van der Waals surface area contributed by atoms with E-state index in [1.807, 2.05) is 30.3 Å². The highest BCUT2D eigenvalue weighted by molar-refractivity contribution is 6.43. The van der Waals surface area contributed by atoms with Crippen LogP contribution < -0.4 is 10.2 Å². The number of non-ortho nitro benzene ring substituents is 1. The lowest BCUT2D eigenvalue weighted by Gasteiger charge is -2.15. The van der Waals surface area contributed by atoms with Crippen LogP contribution in [0.3, 0.4) is 0 Å². The van der Waals surface area contributed by atoms with Crippen LogP contribution in [0.15, 0.2) is 48.5 Å². The van der Waals surface area contributed by atoms with Crippen molar-refractivity contribution in [2.75, 3.05) is 4.90 Å². The third-order valence-electron chi connectivity index (χ3n) is 4.67. The number of nitrogens with one attached hydrogen (secondary N) is 1. The predicted octanol–water partition coefficient (Wildman–Crippen LogP) is 3.11. The Morgan fingerprint density at radius 2 is 1.89 bits per heavy atom. The highest BCUT2D eigenvalue weighted by Crippen LogP contribution is 2.42. The minimum atomic E-state index is -0.536. The Kier molecular flexibility index (Phi) is 3.99. The summed E-state index contributed by atoms with van der Waals surface area (Å²) in [5.74, 6) is -0.944. The molecular weight excluding hydrogens is 346 g/mol. The van der Waals surface area contributed by atoms with Gasteiger partial charge >= 0.3 is 0 Å². The molecular formula is C20H17N3O4. The normalized spacial score (nSPS) is 17.5. The van der Waals surface area contributed by atoms with Gasteiger partial charge in [-0.05, 0) is 24.5 Å². The minimum Gasteiger partial charge on any atom is -0.381 e. The number of rotatable bonds is 4. The SMILES string of the molecule is CC(=O)N1C(=O)/C(=C(\NC2CC2)c2ccccc2)c2ccc([N+](=O)[O-])cc21. The minimum absolute atomic E-state index is 0.162. The Bertz CT molecular complexity index is 994. The summed E-state index contributed by atoms with van der Waals surface area (Å²) in [6.07, 6.45) is 2.03. The number of anilines is 1. The van der Waals surface area contributed by atoms with Gasteiger partial charge in [-0.25, -0.2) is 4.90 Å². The molecule has 0 atom stereocenters. The molecule has 0 spiro atoms. The molecule has 2 amide bonds. The molecule has 1 aliphatic heterocycles. The van der Waals surface area contributed by atoms with Crippen molar-refractivity contribution in [2.24, 2.45) is 0 Å². The quantitative estimate of drug-likeness (QED) is 0.512. The van der Waals surface area contributed by atoms with E-state index in [-0.39, 0.29) is 17.4 Å². The average molecular weight is 363 g/mol. The first-order valence-corrected chi connectivity index (χ1v) is 8.67. The van der Waals surface area contributed by atoms with E-state index in [1.165, 1.54) is 19.1 Å². The van der Waals surface area contributed by atoms with Gasteiger partial charge in [-0.15, -0.1) is 0 Å². The van der Waals surface area contributed by atoms with Crippen molar-refractivity contribution in [1.29, 1.82) is 0 Å². The molecule has 1 aliphatic carbocycles. The fraction of sp³-hybridized carbons (Fsp3) is 0.200. The van der Waals surface area contributed by atoms with E-state index in [0.717, 1.165) is 23.3 Å². The van der Waals surface area contributed by atoms with Gasteiger partial charge in [0.15, 0.2) is 0 Å². The molecule has 1 N–H and O–H groups in total. The summed E-state index contributed by atoms with van der Waals surface area (Å²) >= 11 is 0. The zero-order valence-corrected chi connectivity index (χ0v) is 14.6. The van der Waals surface area contributed by atoms with Crippen molar-refractivity contribution < 1.29 is 14.5 Å². The van der Waals surface area contributed by atoms with E-state index in [2.05, 4.69) is 5.32 Å². The molecule has 27 heavy (non-hydrogen) atoms. The van der Waals surface area contributed by atoms with Gasteiger partial charge in [0.1, 0.15) is 0 Å². The molecule has 136 valence electrons. The molecule has 0 radical (unpaired) electrons. The zero-order chi connectivity index (χ0) is 19.1. The lowest BCUT2D eigenvalue weighted by molar-refractivity contribution is -0.384. The van der Waals surface area contributed by atoms with Gasteiger partial charge in [0, 0.05) is 30.7 Å². The summed E-state index contributed by atoms with van der Waals surface area (Å²) in [6, 6.07) is 13.9. The van der Waals surface area contributed by atoms with Crippen LogP contribution in [-0.2, 0) is 9.59 Å². The molecule has 1 heterocycles. The zero-order valence-electron chi connectivity index (χ0n) is 14.6. The van der Waals surface area contributed by atoms with Gasteiger partial charge in [-0.2, -0.15) is 0 Å². The first-order valence-electron chi connectivity index (χ1n) is 8.67. The molecule has 2 aromatic carbocycles. The monoisotopic (exact) mass is 363 g/mol. The van der Waals surface area contributed by atoms with Gasteiger partial charge in [0.2, 0.25) is 5.91 Å². The molecule has 2 aromatic rings. The van der Waals surface area contributed by atoms with E-state index in [9.17, 15) is 19.7 Å². The maximum atomic E-state index is 13.1. The molecule has 7 heteroatoms. The highest BCUT2D eigenvalue weighted by atomic mass is 16.6. The highest BCUT2D eigenvalue weighted by Gasteiger charge is 2.39. The van der Waals surface area contributed by atoms with Gasteiger partial charge in [0.25, 0.3) is 11.6 Å². The number of imide groups is 1. The first-order chi connectivity index (χ1) is 13.0. The van der Waals surface area contributed by atoms with Crippen molar-refractivity contribution >= 4 is 34.5 Å². The van der Waals surface area contributed by atoms with Gasteiger partial charge in [-0.1, -0.05) is 30.3 Å². The number of nitro benzene ring substituents is 1. The van der Waals surface area contributed by atoms with Gasteiger partial charge < -0.3 is 5.32 Å². The number of nitro groups is 1. The second kappa shape index (κ2) is 6.35. The summed E-state index contributed by atoms with van der Waals surface area (Å²) in [4.78, 5) is 36.9. The Morgan fingerprint density at radius 1 is 1.19 bits per heavy atom. The number of carbonyl (C=O) groups excluding carboxylic acids is 2. The lowest BCUT2D eigenvalue weighted by atomic mass is 10.00. The van der Waals surface area contributed by atoms with E-state index >= 15 is 0 Å². The lowest BCUT2D eigenvalue weighted by Crippen LogP contribution is -2.32. The summed E-state index contributed by atoms with van der Waals surface area (Å²) in [7, 11) is 0. The number of hydrogen-bond donors (Lipinski definition) is 1. The Balaban J connectivity index is 1.96. The molecule has 4 rings (SSSR count). The second-order valence-corrected chi connectivity index (χ2v) is 6.65. The van der Waals surface area contributed by atoms with Crippen molar-refractivity contribution in [1.82, 2.24) is 5.32 Å². The molecule has 7 nitrogen and oxygen atoms in total. The molecule has 1 saturated carbocycles. The van der Waals surface area contributed by atoms with Crippen LogP contribution in [0.1, 0.15) is 30.9 Å². The molecule has 1 fully saturated rings. The van der Waals surface area contributed by atoms with Gasteiger partial charge in [0.05, 0.1) is 21.9 Å². The van der Waals surface area contributed by atoms with E-state index in [4.69, 9.17) is 0 Å². The Labute approximate surface area is 155 Å². The smallest absolute Gasteiger partial charge is 0.271 e. The van der Waals surface area contributed by atoms with Crippen LogP contribution >= 0.6 is 0 Å². The average Bonchev–Trinajstić information content (AvgIpc) is 3.42. The number of nitrogens with zero attached hydrogens (tertiary/aromatic N) is 2. The maximum absolute atomic E-state index is 13.1. The molecule has 0 unspecified atom stereocenters. The molecule has 0 aromatic heterocycles. The van der Waals surface area contributed by atoms with E-state index in [0.29, 0.717) is 16.8 Å². The first kappa shape index (κ1) is 17.0. The maximum Gasteiger partial charge on any atom is 0.271 e. The second-order valence-electron chi connectivity index (χ2n) is 6.65. The van der Waals surface area contributed by atoms with Crippen LogP contribution in [-0.4, -0.2) is 22.8 Å². The topological polar surface area (TPSA) is 92.6 Å². The number of fused-ring (bicyclic) bond motifs is 1. The molecule has 0 saturated heterocycles. The fourth-order valence-corrected chi connectivity index (χ4v) is 3.26. The summed E-state index contributed by atoms with van der Waals surface area (Å²) < 4.78 is 0. The third-order valence-corrected chi connectivity index (χ3v) is 4.67. The van der Waals surface area contributed by atoms with Crippen molar-refractivity contribution in [3.63, 3.8) is 0 Å². The third kappa shape index (κ3) is 2.97. The van der Waals surface area contributed by atoms with Crippen LogP contribution in [0.25, 0.3) is 11.3 Å². The fourth-order valence-electron chi connectivity index (χ4n) is 3.26. The van der Waals surface area contributed by atoms with Crippen molar-refractivity contribution in [3.8, 4) is 0 Å². The van der Waals surface area contributed by atoms with E-state index < -0.39 is 16.7 Å². The van der Waals surface area contributed by atoms with Crippen molar-refractivity contribution in [2.45, 2.75) is 25.8 Å². The molecule has 0 bridgehead atoms. The Morgan fingerprint density at radius 3 is 2.48 bits per heavy atom. The van der Waals surface area contributed by atoms with Crippen LogP contribution in [0.4, 0.5) is 11.4 Å². The summed E-state index contributed by atoms with van der Waals surface area (Å²) in [6.45, 7) is 1.28. The predicted molar refractivity (Wildman–Crippen MR) is 101 cm³/mol. The number of amides is 2. The Hall–Kier alpha value is -3.48. The number of carbonyl (C=O) groups is 2. The molecule has 2 aliphatic rings. The van der Waals surface area contributed by atoms with Crippen LogP contribution in [0.5, 0.6) is 0 Å². The van der Waals surface area contributed by atoms with Crippen molar-refractivity contribution in [3.05, 3.63) is 69.8 Å².